The molecule has 10 aromatic carbocycles. The summed E-state index contributed by atoms with van der Waals surface area (Å²) in [5.74, 6) is -1.40. The number of benzene rings is 10. The SMILES string of the molecule is O=C1c2ccc(Oc3ccc4c(c3)C(=O)N(c3cccc(-[n+]5c(-c6ccccc6)cc(-c6ccccc6)cc5-c5ccccc5)c3)C4=O)cc2C(=O)N1c1cccc(-[n+]2c(-c3ccccc3)cc(-c3ccccc3)cc2-c2ccccc2)c1.[CH3-].[CH3-]. The summed E-state index contributed by atoms with van der Waals surface area (Å²) in [6.07, 6.45) is 0. The molecule has 0 atom stereocenters. The molecule has 2 aromatic heterocycles. The molecule has 0 aliphatic carbocycles. The Kier molecular flexibility index (Phi) is 14.6. The Balaban J connectivity index is 0.00000354. The maximum Gasteiger partial charge on any atom is 0.266 e. The Morgan fingerprint density at radius 2 is 0.529 bits per heavy atom. The minimum absolute atomic E-state index is 0. The van der Waals surface area contributed by atoms with E-state index < -0.39 is 23.6 Å². The molecule has 2 aliphatic heterocycles. The van der Waals surface area contributed by atoms with E-state index in [1.807, 2.05) is 146 Å². The number of ether oxygens (including phenoxy) is 1. The van der Waals surface area contributed by atoms with Crippen LogP contribution in [-0.4, -0.2) is 23.6 Å². The molecule has 0 spiro atoms. The first-order chi connectivity index (χ1) is 40.8. The summed E-state index contributed by atoms with van der Waals surface area (Å²) in [6, 6.07) is 94.3. The van der Waals surface area contributed by atoms with Gasteiger partial charge in [-0.1, -0.05) is 146 Å². The van der Waals surface area contributed by atoms with Gasteiger partial charge in [0.05, 0.1) is 33.6 Å². The van der Waals surface area contributed by atoms with Crippen LogP contribution in [0.4, 0.5) is 11.4 Å². The van der Waals surface area contributed by atoms with Crippen molar-refractivity contribution in [1.82, 2.24) is 0 Å². The molecule has 4 heterocycles. The molecule has 0 N–H and O–H groups in total. The molecular weight excluding hydrogens is 1050 g/mol. The van der Waals surface area contributed by atoms with Crippen molar-refractivity contribution < 1.29 is 33.0 Å². The van der Waals surface area contributed by atoms with Crippen LogP contribution in [0.25, 0.3) is 78.7 Å². The number of imide groups is 2. The monoisotopic (exact) mass is 1100 g/mol. The van der Waals surface area contributed by atoms with Crippen molar-refractivity contribution in [2.45, 2.75) is 0 Å². The van der Waals surface area contributed by atoms with Crippen LogP contribution in [0.15, 0.2) is 291 Å². The molecule has 4 amide bonds. The minimum Gasteiger partial charge on any atom is -0.457 e. The second-order valence-electron chi connectivity index (χ2n) is 20.3. The van der Waals surface area contributed by atoms with Crippen LogP contribution in [0, 0.1) is 14.9 Å². The van der Waals surface area contributed by atoms with Gasteiger partial charge in [0.2, 0.25) is 34.2 Å². The number of hydrogen-bond donors (Lipinski definition) is 0. The second-order valence-corrected chi connectivity index (χ2v) is 20.3. The summed E-state index contributed by atoms with van der Waals surface area (Å²) < 4.78 is 10.7. The topological polar surface area (TPSA) is 91.7 Å². The van der Waals surface area contributed by atoms with Gasteiger partial charge in [0.1, 0.15) is 11.5 Å². The highest BCUT2D eigenvalue weighted by Crippen LogP contribution is 2.38. The first-order valence-electron chi connectivity index (χ1n) is 27.3. The maximum absolute atomic E-state index is 14.6. The zero-order valence-corrected chi connectivity index (χ0v) is 46.5. The number of fused-ring (bicyclic) bond motifs is 2. The van der Waals surface area contributed by atoms with Gasteiger partial charge in [-0.05, 0) is 119 Å². The lowest BCUT2D eigenvalue weighted by Gasteiger charge is -2.16. The first kappa shape index (κ1) is 54.2. The van der Waals surface area contributed by atoms with E-state index in [4.69, 9.17) is 4.74 Å². The Hall–Kier alpha value is -11.4. The highest BCUT2D eigenvalue weighted by molar-refractivity contribution is 6.35. The average Bonchev–Trinajstić information content (AvgIpc) is 2.96. The van der Waals surface area contributed by atoms with E-state index in [1.165, 1.54) is 9.80 Å². The average molecular weight is 1100 g/mol. The fourth-order valence-electron chi connectivity index (χ4n) is 11.3. The largest absolute Gasteiger partial charge is 0.457 e. The van der Waals surface area contributed by atoms with E-state index in [2.05, 4.69) is 106 Å². The molecule has 14 rings (SSSR count). The minimum atomic E-state index is -0.506. The van der Waals surface area contributed by atoms with E-state index in [0.717, 1.165) is 78.7 Å². The third-order valence-corrected chi connectivity index (χ3v) is 15.3. The molecular formula is C76H54N4O5. The summed E-state index contributed by atoms with van der Waals surface area (Å²) in [6.45, 7) is 0. The summed E-state index contributed by atoms with van der Waals surface area (Å²) in [4.78, 5) is 60.3. The van der Waals surface area contributed by atoms with Crippen molar-refractivity contribution in [3.05, 3.63) is 328 Å². The van der Waals surface area contributed by atoms with Gasteiger partial charge in [0.15, 0.2) is 0 Å². The number of pyridine rings is 2. The Morgan fingerprint density at radius 3 is 0.835 bits per heavy atom. The second kappa shape index (κ2) is 22.8. The number of aromatic nitrogens is 2. The van der Waals surface area contributed by atoms with E-state index in [9.17, 15) is 19.2 Å². The van der Waals surface area contributed by atoms with Gasteiger partial charge in [-0.2, -0.15) is 9.13 Å². The molecule has 0 fully saturated rings. The van der Waals surface area contributed by atoms with Crippen molar-refractivity contribution >= 4 is 35.0 Å². The fraction of sp³-hybridized carbons (Fsp3) is 0. The van der Waals surface area contributed by atoms with Crippen molar-refractivity contribution in [1.29, 1.82) is 0 Å². The van der Waals surface area contributed by atoms with E-state index in [1.54, 1.807) is 48.5 Å². The summed E-state index contributed by atoms with van der Waals surface area (Å²) >= 11 is 0. The standard InChI is InChI=1S/C74H48N4O5.2CH3/c79-71-63-39-37-61(47-65(63)73(81)77(71)59-35-19-33-57(45-59)75-67(51-25-11-3-12-26-51)41-55(49-21-7-1-8-22-49)42-68(75)52-27-13-4-14-28-52)83-62-38-40-64-66(48-62)74(82)78(72(64)80)60-36-20-34-58(46-60)76-69(53-29-15-5-16-30-53)43-56(50-23-9-2-10-24-50)44-70(76)54-31-17-6-18-32-54;;/h1-48H;2*1H3/q+2;2*-1. The van der Waals surface area contributed by atoms with Crippen LogP contribution < -0.4 is 23.7 Å². The molecule has 0 saturated heterocycles. The number of hydrogen-bond acceptors (Lipinski definition) is 5. The highest BCUT2D eigenvalue weighted by atomic mass is 16.5. The maximum atomic E-state index is 14.6. The van der Waals surface area contributed by atoms with Crippen molar-refractivity contribution in [2.24, 2.45) is 0 Å². The summed E-state index contributed by atoms with van der Waals surface area (Å²) in [7, 11) is 0. The Labute approximate surface area is 493 Å². The van der Waals surface area contributed by atoms with Gasteiger partial charge in [0, 0.05) is 70.8 Å². The number of rotatable bonds is 12. The van der Waals surface area contributed by atoms with Crippen molar-refractivity contribution in [3.63, 3.8) is 0 Å². The van der Waals surface area contributed by atoms with E-state index in [-0.39, 0.29) is 48.6 Å². The van der Waals surface area contributed by atoms with Gasteiger partial charge in [-0.15, -0.1) is 0 Å². The zero-order chi connectivity index (χ0) is 56.0. The van der Waals surface area contributed by atoms with Crippen LogP contribution in [-0.2, 0) is 0 Å². The number of anilines is 2. The third kappa shape index (κ3) is 9.95. The molecule has 9 heteroatoms. The summed E-state index contributed by atoms with van der Waals surface area (Å²) in [5, 5.41) is 0. The molecule has 12 aromatic rings. The number of amides is 4. The molecule has 9 nitrogen and oxygen atoms in total. The van der Waals surface area contributed by atoms with Crippen molar-refractivity contribution in [3.8, 4) is 90.2 Å². The number of carbonyl (C=O) groups is 4. The smallest absolute Gasteiger partial charge is 0.266 e. The molecule has 0 bridgehead atoms. The van der Waals surface area contributed by atoms with Gasteiger partial charge in [0.25, 0.3) is 23.6 Å². The van der Waals surface area contributed by atoms with Gasteiger partial charge in [-0.3, -0.25) is 19.2 Å². The molecule has 85 heavy (non-hydrogen) atoms. The number of nitrogens with zero attached hydrogens (tertiary/aromatic N) is 4. The quantitative estimate of drug-likeness (QED) is 0.0690. The fourth-order valence-corrected chi connectivity index (χ4v) is 11.3. The third-order valence-electron chi connectivity index (χ3n) is 15.3. The normalized spacial score (nSPS) is 12.3. The molecule has 0 saturated carbocycles. The predicted octanol–water partition coefficient (Wildman–Crippen LogP) is 16.5. The van der Waals surface area contributed by atoms with Crippen molar-refractivity contribution in [2.75, 3.05) is 9.80 Å². The van der Waals surface area contributed by atoms with Gasteiger partial charge in [-0.25, -0.2) is 9.80 Å². The lowest BCUT2D eigenvalue weighted by atomic mass is 9.98. The lowest BCUT2D eigenvalue weighted by Crippen LogP contribution is -2.37. The van der Waals surface area contributed by atoms with Gasteiger partial charge < -0.3 is 19.6 Å². The van der Waals surface area contributed by atoms with Crippen LogP contribution in [0.5, 0.6) is 11.5 Å². The molecule has 408 valence electrons. The first-order valence-corrected chi connectivity index (χ1v) is 27.3. The van der Waals surface area contributed by atoms with Crippen LogP contribution in [0.2, 0.25) is 0 Å². The van der Waals surface area contributed by atoms with E-state index in [0.29, 0.717) is 11.4 Å². The van der Waals surface area contributed by atoms with E-state index >= 15 is 0 Å². The van der Waals surface area contributed by atoms with Crippen LogP contribution in [0.3, 0.4) is 0 Å². The number of carbonyl (C=O) groups excluding carboxylic acids is 4. The molecule has 2 aliphatic rings. The summed E-state index contributed by atoms with van der Waals surface area (Å²) in [5.41, 5.74) is 14.9. The predicted molar refractivity (Wildman–Crippen MR) is 337 cm³/mol. The Bertz CT molecular complexity index is 4130. The molecule has 0 radical (unpaired) electrons. The van der Waals surface area contributed by atoms with Crippen LogP contribution in [0.1, 0.15) is 41.4 Å². The van der Waals surface area contributed by atoms with Gasteiger partial charge >= 0.3 is 0 Å². The highest BCUT2D eigenvalue weighted by Gasteiger charge is 2.40. The van der Waals surface area contributed by atoms with Crippen LogP contribution >= 0.6 is 0 Å². The molecule has 0 unspecified atom stereocenters. The lowest BCUT2D eigenvalue weighted by molar-refractivity contribution is -0.572. The zero-order valence-electron chi connectivity index (χ0n) is 46.5. The Morgan fingerprint density at radius 1 is 0.247 bits per heavy atom.